The lowest BCUT2D eigenvalue weighted by Gasteiger charge is -2.17. The van der Waals surface area contributed by atoms with E-state index >= 15 is 0 Å². The number of nitrogens with zero attached hydrogens (tertiary/aromatic N) is 4. The molecule has 0 radical (unpaired) electrons. The molecule has 9 heteroatoms. The number of likely N-dealkylation sites (tertiary alicyclic amines) is 1. The third kappa shape index (κ3) is 4.64. The first-order valence-corrected chi connectivity index (χ1v) is 10.00. The van der Waals surface area contributed by atoms with Crippen molar-refractivity contribution in [1.29, 1.82) is 0 Å². The number of methoxy groups -OCH3 is 2. The molecule has 1 fully saturated rings. The number of thioether (sulfide) groups is 1. The van der Waals surface area contributed by atoms with Crippen molar-refractivity contribution in [3.05, 3.63) is 35.7 Å². The van der Waals surface area contributed by atoms with Crippen LogP contribution in [-0.4, -0.2) is 64.6 Å². The smallest absolute Gasteiger partial charge is 0.337 e. The molecule has 0 saturated carbocycles. The normalized spacial score (nSPS) is 16.2. The molecule has 1 atom stereocenters. The standard InChI is InChI=1S/C19H24N4O4S/c1-22-12-20-21-19(22)28-11-17(24)23-7-6-13(10-23)8-15-9-14(18(25)27-3)4-5-16(15)26-2/h4-5,9,12-13H,6-8,10-11H2,1-3H3. The van der Waals surface area contributed by atoms with E-state index in [1.165, 1.54) is 18.9 Å². The number of amides is 1. The third-order valence-electron chi connectivity index (χ3n) is 4.84. The first-order valence-electron chi connectivity index (χ1n) is 9.01. The molecule has 3 rings (SSSR count). The summed E-state index contributed by atoms with van der Waals surface area (Å²) in [6.07, 6.45) is 3.29. The van der Waals surface area contributed by atoms with E-state index in [1.54, 1.807) is 30.1 Å². The minimum atomic E-state index is -0.368. The molecule has 1 unspecified atom stereocenters. The summed E-state index contributed by atoms with van der Waals surface area (Å²) in [6, 6.07) is 5.30. The molecule has 0 aliphatic carbocycles. The van der Waals surface area contributed by atoms with Gasteiger partial charge in [-0.25, -0.2) is 4.79 Å². The van der Waals surface area contributed by atoms with Gasteiger partial charge in [0.05, 0.1) is 25.5 Å². The van der Waals surface area contributed by atoms with Gasteiger partial charge in [-0.3, -0.25) is 4.79 Å². The second kappa shape index (κ2) is 9.09. The highest BCUT2D eigenvalue weighted by molar-refractivity contribution is 7.99. The Hall–Kier alpha value is -2.55. The molecule has 1 amide bonds. The molecule has 1 saturated heterocycles. The number of carbonyl (C=O) groups excluding carboxylic acids is 2. The molecular weight excluding hydrogens is 380 g/mol. The fraction of sp³-hybridized carbons (Fsp3) is 0.474. The van der Waals surface area contributed by atoms with E-state index < -0.39 is 0 Å². The Labute approximate surface area is 168 Å². The maximum absolute atomic E-state index is 12.5. The van der Waals surface area contributed by atoms with Crippen LogP contribution in [0, 0.1) is 5.92 Å². The van der Waals surface area contributed by atoms with Crippen LogP contribution in [0.1, 0.15) is 22.3 Å². The van der Waals surface area contributed by atoms with Gasteiger partial charge < -0.3 is 18.9 Å². The molecular formula is C19H24N4O4S. The monoisotopic (exact) mass is 404 g/mol. The Morgan fingerprint density at radius 3 is 2.82 bits per heavy atom. The van der Waals surface area contributed by atoms with Crippen molar-refractivity contribution in [1.82, 2.24) is 19.7 Å². The Kier molecular flexibility index (Phi) is 6.56. The van der Waals surface area contributed by atoms with Crippen LogP contribution in [0.25, 0.3) is 0 Å². The van der Waals surface area contributed by atoms with Crippen LogP contribution in [0.2, 0.25) is 0 Å². The predicted molar refractivity (Wildman–Crippen MR) is 104 cm³/mol. The van der Waals surface area contributed by atoms with Crippen molar-refractivity contribution < 1.29 is 19.1 Å². The number of rotatable bonds is 7. The van der Waals surface area contributed by atoms with Crippen LogP contribution >= 0.6 is 11.8 Å². The van der Waals surface area contributed by atoms with Gasteiger partial charge in [-0.1, -0.05) is 11.8 Å². The fourth-order valence-electron chi connectivity index (χ4n) is 3.34. The lowest BCUT2D eigenvalue weighted by molar-refractivity contribution is -0.127. The van der Waals surface area contributed by atoms with Crippen LogP contribution in [-0.2, 0) is 23.0 Å². The van der Waals surface area contributed by atoms with Crippen molar-refractivity contribution in [2.45, 2.75) is 18.0 Å². The molecule has 1 aromatic heterocycles. The molecule has 2 heterocycles. The van der Waals surface area contributed by atoms with E-state index in [9.17, 15) is 9.59 Å². The number of hydrogen-bond donors (Lipinski definition) is 0. The van der Waals surface area contributed by atoms with Crippen LogP contribution < -0.4 is 4.74 Å². The number of aromatic nitrogens is 3. The van der Waals surface area contributed by atoms with Gasteiger partial charge in [0, 0.05) is 20.1 Å². The lowest BCUT2D eigenvalue weighted by atomic mass is 9.96. The largest absolute Gasteiger partial charge is 0.496 e. The molecule has 150 valence electrons. The maximum Gasteiger partial charge on any atom is 0.337 e. The molecule has 1 aromatic carbocycles. The molecule has 0 bridgehead atoms. The first kappa shape index (κ1) is 20.2. The Morgan fingerprint density at radius 2 is 2.14 bits per heavy atom. The molecule has 2 aromatic rings. The number of benzene rings is 1. The second-order valence-electron chi connectivity index (χ2n) is 6.73. The minimum Gasteiger partial charge on any atom is -0.496 e. The van der Waals surface area contributed by atoms with E-state index in [-0.39, 0.29) is 11.9 Å². The molecule has 1 aliphatic rings. The zero-order valence-electron chi connectivity index (χ0n) is 16.3. The van der Waals surface area contributed by atoms with Crippen LogP contribution in [0.4, 0.5) is 0 Å². The Bertz CT molecular complexity index is 854. The van der Waals surface area contributed by atoms with Gasteiger partial charge in [-0.05, 0) is 42.5 Å². The fourth-order valence-corrected chi connectivity index (χ4v) is 4.13. The highest BCUT2D eigenvalue weighted by Crippen LogP contribution is 2.28. The van der Waals surface area contributed by atoms with E-state index in [2.05, 4.69) is 10.2 Å². The average molecular weight is 404 g/mol. The molecule has 0 spiro atoms. The first-order chi connectivity index (χ1) is 13.5. The zero-order valence-corrected chi connectivity index (χ0v) is 17.1. The van der Waals surface area contributed by atoms with Gasteiger partial charge in [0.25, 0.3) is 0 Å². The highest BCUT2D eigenvalue weighted by Gasteiger charge is 2.27. The quantitative estimate of drug-likeness (QED) is 0.514. The van der Waals surface area contributed by atoms with Crippen molar-refractivity contribution in [3.8, 4) is 5.75 Å². The topological polar surface area (TPSA) is 86.6 Å². The number of hydrogen-bond acceptors (Lipinski definition) is 7. The molecule has 28 heavy (non-hydrogen) atoms. The van der Waals surface area contributed by atoms with Crippen molar-refractivity contribution in [3.63, 3.8) is 0 Å². The van der Waals surface area contributed by atoms with Gasteiger partial charge in [0.15, 0.2) is 5.16 Å². The second-order valence-corrected chi connectivity index (χ2v) is 7.67. The Morgan fingerprint density at radius 1 is 1.32 bits per heavy atom. The highest BCUT2D eigenvalue weighted by atomic mass is 32.2. The maximum atomic E-state index is 12.5. The third-order valence-corrected chi connectivity index (χ3v) is 5.86. The number of carbonyl (C=O) groups is 2. The number of esters is 1. The minimum absolute atomic E-state index is 0.103. The molecule has 8 nitrogen and oxygen atoms in total. The zero-order chi connectivity index (χ0) is 20.1. The van der Waals surface area contributed by atoms with E-state index in [0.29, 0.717) is 23.8 Å². The van der Waals surface area contributed by atoms with E-state index in [0.717, 1.165) is 35.9 Å². The average Bonchev–Trinajstić information content (AvgIpc) is 3.34. The van der Waals surface area contributed by atoms with E-state index in [1.807, 2.05) is 18.0 Å². The number of ether oxygens (including phenoxy) is 2. The van der Waals surface area contributed by atoms with Crippen molar-refractivity contribution >= 4 is 23.6 Å². The van der Waals surface area contributed by atoms with Crippen molar-refractivity contribution in [2.75, 3.05) is 33.1 Å². The predicted octanol–water partition coefficient (Wildman–Crippen LogP) is 1.79. The van der Waals surface area contributed by atoms with Gasteiger partial charge in [0.1, 0.15) is 12.1 Å². The van der Waals surface area contributed by atoms with Gasteiger partial charge >= 0.3 is 5.97 Å². The summed E-state index contributed by atoms with van der Waals surface area (Å²) in [4.78, 5) is 26.2. The van der Waals surface area contributed by atoms with E-state index in [4.69, 9.17) is 9.47 Å². The van der Waals surface area contributed by atoms with Gasteiger partial charge in [-0.2, -0.15) is 0 Å². The van der Waals surface area contributed by atoms with Crippen LogP contribution in [0.15, 0.2) is 29.7 Å². The summed E-state index contributed by atoms with van der Waals surface area (Å²) in [5.74, 6) is 1.15. The van der Waals surface area contributed by atoms with Gasteiger partial charge in [-0.15, -0.1) is 10.2 Å². The SMILES string of the molecule is COC(=O)c1ccc(OC)c(CC2CCN(C(=O)CSc3nncn3C)C2)c1. The lowest BCUT2D eigenvalue weighted by Crippen LogP contribution is -2.30. The Balaban J connectivity index is 1.59. The summed E-state index contributed by atoms with van der Waals surface area (Å²) in [7, 11) is 4.84. The van der Waals surface area contributed by atoms with Crippen molar-refractivity contribution in [2.24, 2.45) is 13.0 Å². The summed E-state index contributed by atoms with van der Waals surface area (Å²) in [5.41, 5.74) is 1.46. The van der Waals surface area contributed by atoms with Crippen LogP contribution in [0.3, 0.4) is 0 Å². The summed E-state index contributed by atoms with van der Waals surface area (Å²) in [5, 5.41) is 8.54. The van der Waals surface area contributed by atoms with Crippen LogP contribution in [0.5, 0.6) is 5.75 Å². The summed E-state index contributed by atoms with van der Waals surface area (Å²) >= 11 is 1.39. The molecule has 0 N–H and O–H groups in total. The summed E-state index contributed by atoms with van der Waals surface area (Å²) in [6.45, 7) is 1.44. The molecule has 1 aliphatic heterocycles. The summed E-state index contributed by atoms with van der Waals surface area (Å²) < 4.78 is 12.0. The number of aryl methyl sites for hydroxylation is 1. The van der Waals surface area contributed by atoms with Gasteiger partial charge in [0.2, 0.25) is 5.91 Å².